The number of halogens is 1. The number of hydrogen-bond donors (Lipinski definition) is 1. The fourth-order valence-corrected chi connectivity index (χ4v) is 2.36. The van der Waals surface area contributed by atoms with Crippen LogP contribution in [0.2, 0.25) is 5.02 Å². The van der Waals surface area contributed by atoms with E-state index < -0.39 is 0 Å². The maximum Gasteiger partial charge on any atom is 0.245 e. The summed E-state index contributed by atoms with van der Waals surface area (Å²) in [5, 5.41) is 7.97. The van der Waals surface area contributed by atoms with Crippen LogP contribution < -0.4 is 5.32 Å². The Morgan fingerprint density at radius 1 is 1.47 bits per heavy atom. The second-order valence-corrected chi connectivity index (χ2v) is 6.09. The molecule has 0 amide bonds. The zero-order valence-corrected chi connectivity index (χ0v) is 11.7. The maximum atomic E-state index is 5.92. The van der Waals surface area contributed by atoms with Gasteiger partial charge in [0.1, 0.15) is 0 Å². The Labute approximate surface area is 117 Å². The molecule has 4 nitrogen and oxygen atoms in total. The van der Waals surface area contributed by atoms with Gasteiger partial charge in [0.15, 0.2) is 5.82 Å². The van der Waals surface area contributed by atoms with Crippen LogP contribution in [0.3, 0.4) is 0 Å². The number of anilines is 1. The molecule has 0 aliphatic heterocycles. The van der Waals surface area contributed by atoms with Crippen LogP contribution in [0, 0.1) is 5.41 Å². The van der Waals surface area contributed by atoms with Crippen molar-refractivity contribution in [2.24, 2.45) is 5.41 Å². The summed E-state index contributed by atoms with van der Waals surface area (Å²) in [4.78, 5) is 4.43. The highest BCUT2D eigenvalue weighted by atomic mass is 35.5. The van der Waals surface area contributed by atoms with Gasteiger partial charge >= 0.3 is 0 Å². The molecule has 5 heteroatoms. The maximum absolute atomic E-state index is 5.92. The van der Waals surface area contributed by atoms with Crippen molar-refractivity contribution in [3.63, 3.8) is 0 Å². The number of benzene rings is 1. The van der Waals surface area contributed by atoms with Crippen LogP contribution in [-0.2, 0) is 6.54 Å². The van der Waals surface area contributed by atoms with E-state index in [9.17, 15) is 0 Å². The van der Waals surface area contributed by atoms with Gasteiger partial charge in [0.25, 0.3) is 0 Å². The van der Waals surface area contributed by atoms with Gasteiger partial charge in [-0.05, 0) is 30.0 Å². The fraction of sp³-hybridized carbons (Fsp3) is 0.429. The predicted molar refractivity (Wildman–Crippen MR) is 74.2 cm³/mol. The first kappa shape index (κ1) is 12.5. The molecule has 1 aromatic carbocycles. The summed E-state index contributed by atoms with van der Waals surface area (Å²) < 4.78 is 5.25. The molecular weight excluding hydrogens is 262 g/mol. The standard InChI is InChI=1S/C14H16ClN3O/c1-14(2)7-11(14)13-17-12(19-18-13)8-16-10-5-3-4-9(15)6-10/h3-6,11,16H,7-8H2,1-2H3. The Bertz CT molecular complexity index is 594. The molecule has 0 spiro atoms. The minimum absolute atomic E-state index is 0.321. The van der Waals surface area contributed by atoms with Crippen molar-refractivity contribution in [1.29, 1.82) is 0 Å². The Morgan fingerprint density at radius 3 is 2.95 bits per heavy atom. The Kier molecular flexibility index (Phi) is 2.97. The van der Waals surface area contributed by atoms with Gasteiger partial charge in [-0.3, -0.25) is 0 Å². The first-order valence-corrected chi connectivity index (χ1v) is 6.74. The summed E-state index contributed by atoms with van der Waals surface area (Å²) in [6.45, 7) is 4.95. The monoisotopic (exact) mass is 277 g/mol. The van der Waals surface area contributed by atoms with Gasteiger partial charge in [0.05, 0.1) is 6.54 Å². The lowest BCUT2D eigenvalue weighted by Gasteiger charge is -2.02. The molecule has 0 radical (unpaired) electrons. The minimum Gasteiger partial charge on any atom is -0.376 e. The molecule has 3 rings (SSSR count). The minimum atomic E-state index is 0.321. The fourth-order valence-electron chi connectivity index (χ4n) is 2.17. The molecule has 1 aliphatic carbocycles. The molecule has 1 aromatic heterocycles. The average molecular weight is 278 g/mol. The highest BCUT2D eigenvalue weighted by Crippen LogP contribution is 2.57. The van der Waals surface area contributed by atoms with Gasteiger partial charge in [0, 0.05) is 16.6 Å². The largest absolute Gasteiger partial charge is 0.376 e. The SMILES string of the molecule is CC1(C)CC1c1noc(CNc2cccc(Cl)c2)n1. The van der Waals surface area contributed by atoms with E-state index in [-0.39, 0.29) is 0 Å². The van der Waals surface area contributed by atoms with Gasteiger partial charge in [-0.1, -0.05) is 36.7 Å². The van der Waals surface area contributed by atoms with Crippen molar-refractivity contribution in [3.8, 4) is 0 Å². The molecule has 2 aromatic rings. The molecular formula is C14H16ClN3O. The third-order valence-electron chi connectivity index (χ3n) is 3.58. The molecule has 1 saturated carbocycles. The molecule has 1 aliphatic rings. The van der Waals surface area contributed by atoms with Crippen molar-refractivity contribution in [2.45, 2.75) is 32.7 Å². The molecule has 100 valence electrons. The molecule has 1 N–H and O–H groups in total. The predicted octanol–water partition coefficient (Wildman–Crippen LogP) is 3.85. The number of rotatable bonds is 4. The molecule has 0 bridgehead atoms. The Balaban J connectivity index is 1.62. The second kappa shape index (κ2) is 4.53. The highest BCUT2D eigenvalue weighted by Gasteiger charge is 2.49. The summed E-state index contributed by atoms with van der Waals surface area (Å²) in [6, 6.07) is 7.55. The van der Waals surface area contributed by atoms with Crippen molar-refractivity contribution in [3.05, 3.63) is 41.0 Å². The number of hydrogen-bond acceptors (Lipinski definition) is 4. The molecule has 1 heterocycles. The third kappa shape index (κ3) is 2.73. The quantitative estimate of drug-likeness (QED) is 0.922. The molecule has 19 heavy (non-hydrogen) atoms. The van der Waals surface area contributed by atoms with Crippen LogP contribution in [-0.4, -0.2) is 10.1 Å². The van der Waals surface area contributed by atoms with Crippen molar-refractivity contribution >= 4 is 17.3 Å². The van der Waals surface area contributed by atoms with Gasteiger partial charge in [-0.15, -0.1) is 0 Å². The first-order valence-electron chi connectivity index (χ1n) is 6.36. The summed E-state index contributed by atoms with van der Waals surface area (Å²) in [5.74, 6) is 1.88. The number of aromatic nitrogens is 2. The van der Waals surface area contributed by atoms with Crippen LogP contribution >= 0.6 is 11.6 Å². The lowest BCUT2D eigenvalue weighted by atomic mass is 10.1. The van der Waals surface area contributed by atoms with Gasteiger partial charge < -0.3 is 9.84 Å². The van der Waals surface area contributed by atoms with E-state index >= 15 is 0 Å². The Morgan fingerprint density at radius 2 is 2.26 bits per heavy atom. The van der Waals surface area contributed by atoms with Gasteiger partial charge in [-0.25, -0.2) is 0 Å². The lowest BCUT2D eigenvalue weighted by Crippen LogP contribution is -2.00. The number of nitrogens with zero attached hydrogens (tertiary/aromatic N) is 2. The highest BCUT2D eigenvalue weighted by molar-refractivity contribution is 6.30. The summed E-state index contributed by atoms with van der Waals surface area (Å²) >= 11 is 5.92. The van der Waals surface area contributed by atoms with E-state index in [1.165, 1.54) is 0 Å². The summed E-state index contributed by atoms with van der Waals surface area (Å²) in [7, 11) is 0. The smallest absolute Gasteiger partial charge is 0.245 e. The second-order valence-electron chi connectivity index (χ2n) is 5.66. The molecule has 1 fully saturated rings. The molecule has 1 unspecified atom stereocenters. The topological polar surface area (TPSA) is 51.0 Å². The van der Waals surface area contributed by atoms with Crippen LogP contribution in [0.5, 0.6) is 0 Å². The van der Waals surface area contributed by atoms with Gasteiger partial charge in [0.2, 0.25) is 5.89 Å². The Hall–Kier alpha value is -1.55. The van der Waals surface area contributed by atoms with Gasteiger partial charge in [-0.2, -0.15) is 4.98 Å². The van der Waals surface area contributed by atoms with E-state index in [1.54, 1.807) is 0 Å². The van der Waals surface area contributed by atoms with E-state index in [2.05, 4.69) is 29.3 Å². The lowest BCUT2D eigenvalue weighted by molar-refractivity contribution is 0.376. The van der Waals surface area contributed by atoms with Crippen molar-refractivity contribution in [1.82, 2.24) is 10.1 Å². The zero-order valence-electron chi connectivity index (χ0n) is 11.0. The van der Waals surface area contributed by atoms with Crippen molar-refractivity contribution < 1.29 is 4.52 Å². The van der Waals surface area contributed by atoms with E-state index in [1.807, 2.05) is 24.3 Å². The molecule has 0 saturated heterocycles. The normalized spacial score (nSPS) is 20.3. The van der Waals surface area contributed by atoms with Crippen LogP contribution in [0.15, 0.2) is 28.8 Å². The zero-order chi connectivity index (χ0) is 13.5. The van der Waals surface area contributed by atoms with E-state index in [0.29, 0.717) is 28.8 Å². The van der Waals surface area contributed by atoms with Crippen LogP contribution in [0.4, 0.5) is 5.69 Å². The van der Waals surface area contributed by atoms with E-state index in [4.69, 9.17) is 16.1 Å². The van der Waals surface area contributed by atoms with E-state index in [0.717, 1.165) is 17.9 Å². The van der Waals surface area contributed by atoms with Crippen LogP contribution in [0.25, 0.3) is 0 Å². The third-order valence-corrected chi connectivity index (χ3v) is 3.81. The summed E-state index contributed by atoms with van der Waals surface area (Å²) in [5.41, 5.74) is 1.26. The first-order chi connectivity index (χ1) is 9.04. The summed E-state index contributed by atoms with van der Waals surface area (Å²) in [6.07, 6.45) is 1.13. The van der Waals surface area contributed by atoms with Crippen LogP contribution in [0.1, 0.15) is 37.9 Å². The average Bonchev–Trinajstić information content (AvgIpc) is 2.81. The van der Waals surface area contributed by atoms with Crippen molar-refractivity contribution in [2.75, 3.05) is 5.32 Å². The molecule has 1 atom stereocenters. The number of nitrogens with one attached hydrogen (secondary N) is 1.